The lowest BCUT2D eigenvalue weighted by atomic mass is 10.4. The van der Waals surface area contributed by atoms with E-state index in [1.54, 1.807) is 12.4 Å². The number of allylic oxidation sites excluding steroid dienone is 1. The fourth-order valence-corrected chi connectivity index (χ4v) is 1.21. The van der Waals surface area contributed by atoms with Gasteiger partial charge in [0.05, 0.1) is 3.57 Å². The Morgan fingerprint density at radius 1 is 1.67 bits per heavy atom. The fourth-order valence-electron chi connectivity index (χ4n) is 0.714. The summed E-state index contributed by atoms with van der Waals surface area (Å²) in [5.41, 5.74) is 0. The van der Waals surface area contributed by atoms with Crippen LogP contribution < -0.4 is 4.74 Å². The average molecular weight is 275 g/mol. The van der Waals surface area contributed by atoms with Crippen molar-refractivity contribution in [3.05, 3.63) is 34.2 Å². The fraction of sp³-hybridized carbons (Fsp3) is 0.222. The maximum Gasteiger partial charge on any atom is 0.136 e. The zero-order chi connectivity index (χ0) is 8.81. The van der Waals surface area contributed by atoms with Gasteiger partial charge in [0.2, 0.25) is 0 Å². The van der Waals surface area contributed by atoms with Crippen LogP contribution in [-0.4, -0.2) is 11.6 Å². The number of rotatable bonds is 3. The highest BCUT2D eigenvalue weighted by atomic mass is 127. The van der Waals surface area contributed by atoms with Gasteiger partial charge in [-0.25, -0.2) is 0 Å². The number of hydrogen-bond donors (Lipinski definition) is 0. The molecule has 2 nitrogen and oxygen atoms in total. The van der Waals surface area contributed by atoms with Crippen LogP contribution in [0, 0.1) is 3.57 Å². The van der Waals surface area contributed by atoms with Gasteiger partial charge >= 0.3 is 0 Å². The second-order valence-corrected chi connectivity index (χ2v) is 3.35. The van der Waals surface area contributed by atoms with Crippen molar-refractivity contribution in [3.63, 3.8) is 0 Å². The molecule has 0 atom stereocenters. The molecule has 1 aromatic rings. The second-order valence-electron chi connectivity index (χ2n) is 2.19. The van der Waals surface area contributed by atoms with Crippen molar-refractivity contribution < 1.29 is 4.74 Å². The van der Waals surface area contributed by atoms with Crippen LogP contribution in [0.15, 0.2) is 30.6 Å². The molecule has 0 aliphatic rings. The molecular formula is C9H10INO. The van der Waals surface area contributed by atoms with Gasteiger partial charge in [0.1, 0.15) is 12.4 Å². The first-order valence-electron chi connectivity index (χ1n) is 3.68. The number of ether oxygens (including phenoxy) is 1. The van der Waals surface area contributed by atoms with Crippen LogP contribution in [0.2, 0.25) is 0 Å². The van der Waals surface area contributed by atoms with E-state index in [1.807, 2.05) is 25.1 Å². The first-order valence-corrected chi connectivity index (χ1v) is 4.76. The summed E-state index contributed by atoms with van der Waals surface area (Å²) in [5, 5.41) is 0. The lowest BCUT2D eigenvalue weighted by Gasteiger charge is -2.03. The maximum atomic E-state index is 5.44. The molecule has 0 radical (unpaired) electrons. The summed E-state index contributed by atoms with van der Waals surface area (Å²) in [6.07, 6.45) is 7.45. The molecule has 1 heterocycles. The molecule has 64 valence electrons. The van der Waals surface area contributed by atoms with E-state index >= 15 is 0 Å². The minimum absolute atomic E-state index is 0.622. The van der Waals surface area contributed by atoms with E-state index in [2.05, 4.69) is 27.6 Å². The largest absolute Gasteiger partial charge is 0.488 e. The quantitative estimate of drug-likeness (QED) is 0.625. The van der Waals surface area contributed by atoms with Gasteiger partial charge in [0, 0.05) is 12.4 Å². The molecule has 0 saturated carbocycles. The summed E-state index contributed by atoms with van der Waals surface area (Å²) >= 11 is 2.20. The number of aromatic nitrogens is 1. The number of pyridine rings is 1. The predicted octanol–water partition coefficient (Wildman–Crippen LogP) is 2.64. The lowest BCUT2D eigenvalue weighted by Crippen LogP contribution is -1.95. The van der Waals surface area contributed by atoms with Gasteiger partial charge in [-0.2, -0.15) is 0 Å². The van der Waals surface area contributed by atoms with E-state index in [-0.39, 0.29) is 0 Å². The Labute approximate surface area is 85.8 Å². The minimum Gasteiger partial charge on any atom is -0.488 e. The van der Waals surface area contributed by atoms with Crippen molar-refractivity contribution in [2.24, 2.45) is 0 Å². The summed E-state index contributed by atoms with van der Waals surface area (Å²) in [6.45, 7) is 2.59. The highest BCUT2D eigenvalue weighted by molar-refractivity contribution is 14.1. The van der Waals surface area contributed by atoms with Gasteiger partial charge in [-0.05, 0) is 35.6 Å². The van der Waals surface area contributed by atoms with E-state index in [0.29, 0.717) is 6.61 Å². The van der Waals surface area contributed by atoms with E-state index in [9.17, 15) is 0 Å². The summed E-state index contributed by atoms with van der Waals surface area (Å²) < 4.78 is 6.48. The molecule has 12 heavy (non-hydrogen) atoms. The number of halogens is 1. The van der Waals surface area contributed by atoms with E-state index in [4.69, 9.17) is 4.74 Å². The first-order chi connectivity index (χ1) is 5.84. The Balaban J connectivity index is 2.57. The van der Waals surface area contributed by atoms with Crippen LogP contribution in [0.3, 0.4) is 0 Å². The smallest absolute Gasteiger partial charge is 0.136 e. The van der Waals surface area contributed by atoms with Crippen LogP contribution >= 0.6 is 22.6 Å². The maximum absolute atomic E-state index is 5.44. The van der Waals surface area contributed by atoms with Crippen molar-refractivity contribution in [1.82, 2.24) is 4.98 Å². The minimum atomic E-state index is 0.622. The molecule has 0 unspecified atom stereocenters. The molecule has 0 amide bonds. The van der Waals surface area contributed by atoms with Gasteiger partial charge in [0.15, 0.2) is 0 Å². The number of hydrogen-bond acceptors (Lipinski definition) is 2. The lowest BCUT2D eigenvalue weighted by molar-refractivity contribution is 0.359. The molecule has 0 saturated heterocycles. The van der Waals surface area contributed by atoms with E-state index in [0.717, 1.165) is 9.32 Å². The Bertz CT molecular complexity index is 273. The highest BCUT2D eigenvalue weighted by Crippen LogP contribution is 2.17. The van der Waals surface area contributed by atoms with Gasteiger partial charge in [0.25, 0.3) is 0 Å². The van der Waals surface area contributed by atoms with Crippen molar-refractivity contribution in [1.29, 1.82) is 0 Å². The molecule has 0 fully saturated rings. The highest BCUT2D eigenvalue weighted by Gasteiger charge is 1.96. The first kappa shape index (κ1) is 9.51. The van der Waals surface area contributed by atoms with Crippen LogP contribution in [0.5, 0.6) is 5.75 Å². The Hall–Kier alpha value is -0.580. The van der Waals surface area contributed by atoms with Crippen molar-refractivity contribution in [2.45, 2.75) is 6.92 Å². The van der Waals surface area contributed by atoms with Crippen molar-refractivity contribution in [3.8, 4) is 5.75 Å². The van der Waals surface area contributed by atoms with Crippen LogP contribution in [0.25, 0.3) is 0 Å². The summed E-state index contributed by atoms with van der Waals surface area (Å²) in [6, 6.07) is 1.87. The predicted molar refractivity (Wildman–Crippen MR) is 57.3 cm³/mol. The van der Waals surface area contributed by atoms with Gasteiger partial charge < -0.3 is 4.74 Å². The Kier molecular flexibility index (Phi) is 4.07. The zero-order valence-electron chi connectivity index (χ0n) is 6.83. The summed E-state index contributed by atoms with van der Waals surface area (Å²) in [4.78, 5) is 3.97. The van der Waals surface area contributed by atoms with Crippen LogP contribution in [0.1, 0.15) is 6.92 Å². The molecule has 0 bridgehead atoms. The average Bonchev–Trinajstić information content (AvgIpc) is 2.09. The van der Waals surface area contributed by atoms with Crippen LogP contribution in [0.4, 0.5) is 0 Å². The second kappa shape index (κ2) is 5.13. The topological polar surface area (TPSA) is 22.1 Å². The molecular weight excluding hydrogens is 265 g/mol. The number of nitrogens with zero attached hydrogens (tertiary/aromatic N) is 1. The van der Waals surface area contributed by atoms with Gasteiger partial charge in [-0.1, -0.05) is 12.2 Å². The molecule has 1 aromatic heterocycles. The molecule has 1 rings (SSSR count). The summed E-state index contributed by atoms with van der Waals surface area (Å²) in [5.74, 6) is 0.892. The third-order valence-electron chi connectivity index (χ3n) is 1.31. The standard InChI is InChI=1S/C9H10INO/c1-2-3-6-12-9-4-5-11-7-8(9)10/h2-5,7H,6H2,1H3/b3-2+. The van der Waals surface area contributed by atoms with E-state index < -0.39 is 0 Å². The molecule has 0 aliphatic heterocycles. The van der Waals surface area contributed by atoms with Crippen LogP contribution in [-0.2, 0) is 0 Å². The third-order valence-corrected chi connectivity index (χ3v) is 2.12. The molecule has 0 N–H and O–H groups in total. The van der Waals surface area contributed by atoms with Gasteiger partial charge in [-0.3, -0.25) is 4.98 Å². The zero-order valence-corrected chi connectivity index (χ0v) is 8.98. The Morgan fingerprint density at radius 3 is 3.17 bits per heavy atom. The monoisotopic (exact) mass is 275 g/mol. The summed E-state index contributed by atoms with van der Waals surface area (Å²) in [7, 11) is 0. The van der Waals surface area contributed by atoms with Crippen molar-refractivity contribution in [2.75, 3.05) is 6.61 Å². The van der Waals surface area contributed by atoms with Gasteiger partial charge in [-0.15, -0.1) is 0 Å². The molecule has 0 spiro atoms. The molecule has 0 aromatic carbocycles. The molecule has 0 aliphatic carbocycles. The SMILES string of the molecule is C/C=C/COc1ccncc1I. The van der Waals surface area contributed by atoms with E-state index in [1.165, 1.54) is 0 Å². The Morgan fingerprint density at radius 2 is 2.50 bits per heavy atom. The normalized spacial score (nSPS) is 10.5. The molecule has 3 heteroatoms. The third kappa shape index (κ3) is 2.81. The van der Waals surface area contributed by atoms with Crippen molar-refractivity contribution >= 4 is 22.6 Å².